The first-order valence-corrected chi connectivity index (χ1v) is 7.83. The van der Waals surface area contributed by atoms with Crippen LogP contribution in [-0.2, 0) is 12.8 Å². The highest BCUT2D eigenvalue weighted by Gasteiger charge is 2.24. The molecule has 0 aliphatic carbocycles. The van der Waals surface area contributed by atoms with Gasteiger partial charge >= 0.3 is 0 Å². The molecule has 3 rings (SSSR count). The van der Waals surface area contributed by atoms with Gasteiger partial charge in [-0.05, 0) is 42.9 Å². The third-order valence-electron chi connectivity index (χ3n) is 4.36. The summed E-state index contributed by atoms with van der Waals surface area (Å²) < 4.78 is 5.84. The number of fused-ring (bicyclic) bond motifs is 1. The molecule has 0 spiro atoms. The molecule has 0 saturated heterocycles. The Balaban J connectivity index is 1.49. The van der Waals surface area contributed by atoms with Crippen LogP contribution in [0, 0.1) is 5.92 Å². The van der Waals surface area contributed by atoms with E-state index in [0.717, 1.165) is 38.0 Å². The second-order valence-electron chi connectivity index (χ2n) is 5.92. The molecule has 2 heteroatoms. The third kappa shape index (κ3) is 3.64. The van der Waals surface area contributed by atoms with E-state index in [2.05, 4.69) is 42.5 Å². The smallest absolute Gasteiger partial charge is 0.122 e. The van der Waals surface area contributed by atoms with Crippen molar-refractivity contribution in [1.29, 1.82) is 0 Å². The van der Waals surface area contributed by atoms with Gasteiger partial charge < -0.3 is 10.5 Å². The summed E-state index contributed by atoms with van der Waals surface area (Å²) in [6.07, 6.45) is 4.36. The van der Waals surface area contributed by atoms with Gasteiger partial charge in [-0.15, -0.1) is 0 Å². The van der Waals surface area contributed by atoms with Gasteiger partial charge in [-0.3, -0.25) is 0 Å². The minimum absolute atomic E-state index is 0.224. The summed E-state index contributed by atoms with van der Waals surface area (Å²) in [6.45, 7) is 0.753. The molecular weight excluding hydrogens is 258 g/mol. The van der Waals surface area contributed by atoms with Crippen molar-refractivity contribution in [1.82, 2.24) is 0 Å². The Kier molecular flexibility index (Phi) is 4.56. The standard InChI is InChI=1S/C19H23NO/c20-18(11-6-9-15-7-2-1-3-8-15)17-13-16-10-4-5-12-19(16)21-14-17/h1-5,7-8,10,12,17-18H,6,9,11,13-14,20H2. The number of para-hydroxylation sites is 1. The SMILES string of the molecule is NC(CCCc1ccccc1)C1COc2ccccc2C1. The Bertz CT molecular complexity index is 567. The van der Waals surface area contributed by atoms with Gasteiger partial charge in [0.2, 0.25) is 0 Å². The first-order valence-electron chi connectivity index (χ1n) is 7.83. The van der Waals surface area contributed by atoms with Crippen LogP contribution in [0.1, 0.15) is 24.0 Å². The molecule has 21 heavy (non-hydrogen) atoms. The van der Waals surface area contributed by atoms with Gasteiger partial charge in [0.1, 0.15) is 5.75 Å². The molecule has 2 aromatic carbocycles. The van der Waals surface area contributed by atoms with E-state index in [1.807, 2.05) is 12.1 Å². The van der Waals surface area contributed by atoms with Crippen LogP contribution in [0.25, 0.3) is 0 Å². The minimum Gasteiger partial charge on any atom is -0.493 e. The van der Waals surface area contributed by atoms with E-state index in [-0.39, 0.29) is 6.04 Å². The molecule has 1 heterocycles. The van der Waals surface area contributed by atoms with Crippen molar-refractivity contribution in [2.75, 3.05) is 6.61 Å². The highest BCUT2D eigenvalue weighted by Crippen LogP contribution is 2.28. The van der Waals surface area contributed by atoms with Crippen molar-refractivity contribution in [3.05, 3.63) is 65.7 Å². The summed E-state index contributed by atoms with van der Waals surface area (Å²) >= 11 is 0. The van der Waals surface area contributed by atoms with E-state index < -0.39 is 0 Å². The molecule has 2 N–H and O–H groups in total. The van der Waals surface area contributed by atoms with Crippen molar-refractivity contribution in [3.63, 3.8) is 0 Å². The van der Waals surface area contributed by atoms with Gasteiger partial charge in [0.25, 0.3) is 0 Å². The fraction of sp³-hybridized carbons (Fsp3) is 0.368. The summed E-state index contributed by atoms with van der Waals surface area (Å²) in [7, 11) is 0. The minimum atomic E-state index is 0.224. The van der Waals surface area contributed by atoms with E-state index in [0.29, 0.717) is 5.92 Å². The molecule has 2 aromatic rings. The maximum atomic E-state index is 6.39. The first kappa shape index (κ1) is 14.2. The highest BCUT2D eigenvalue weighted by atomic mass is 16.5. The Morgan fingerprint density at radius 2 is 1.81 bits per heavy atom. The average Bonchev–Trinajstić information content (AvgIpc) is 2.55. The lowest BCUT2D eigenvalue weighted by molar-refractivity contribution is 0.194. The maximum Gasteiger partial charge on any atom is 0.122 e. The number of nitrogens with two attached hydrogens (primary N) is 1. The molecular formula is C19H23NO. The van der Waals surface area contributed by atoms with Crippen molar-refractivity contribution in [2.24, 2.45) is 11.7 Å². The fourth-order valence-corrected chi connectivity index (χ4v) is 3.05. The Morgan fingerprint density at radius 3 is 2.67 bits per heavy atom. The number of benzene rings is 2. The number of aryl methyl sites for hydroxylation is 1. The van der Waals surface area contributed by atoms with Crippen molar-refractivity contribution >= 4 is 0 Å². The molecule has 0 fully saturated rings. The average molecular weight is 281 g/mol. The van der Waals surface area contributed by atoms with Crippen molar-refractivity contribution in [2.45, 2.75) is 31.7 Å². The number of hydrogen-bond donors (Lipinski definition) is 1. The van der Waals surface area contributed by atoms with Gasteiger partial charge in [0, 0.05) is 12.0 Å². The normalized spacial score (nSPS) is 18.6. The van der Waals surface area contributed by atoms with Gasteiger partial charge in [0.05, 0.1) is 6.61 Å². The Hall–Kier alpha value is -1.80. The predicted molar refractivity (Wildman–Crippen MR) is 86.5 cm³/mol. The van der Waals surface area contributed by atoms with Gasteiger partial charge in [-0.2, -0.15) is 0 Å². The molecule has 0 radical (unpaired) electrons. The van der Waals surface area contributed by atoms with Crippen LogP contribution in [0.2, 0.25) is 0 Å². The Morgan fingerprint density at radius 1 is 1.05 bits per heavy atom. The third-order valence-corrected chi connectivity index (χ3v) is 4.36. The molecule has 0 amide bonds. The summed E-state index contributed by atoms with van der Waals surface area (Å²) in [5, 5.41) is 0. The number of ether oxygens (including phenoxy) is 1. The second kappa shape index (κ2) is 6.77. The van der Waals surface area contributed by atoms with Crippen LogP contribution < -0.4 is 10.5 Å². The highest BCUT2D eigenvalue weighted by molar-refractivity contribution is 5.35. The van der Waals surface area contributed by atoms with E-state index in [1.165, 1.54) is 11.1 Å². The van der Waals surface area contributed by atoms with Crippen LogP contribution in [0.5, 0.6) is 5.75 Å². The Labute approximate surface area is 126 Å². The van der Waals surface area contributed by atoms with Crippen LogP contribution >= 0.6 is 0 Å². The quantitative estimate of drug-likeness (QED) is 0.909. The molecule has 2 unspecified atom stereocenters. The molecule has 0 saturated carbocycles. The summed E-state index contributed by atoms with van der Waals surface area (Å²) in [4.78, 5) is 0. The summed E-state index contributed by atoms with van der Waals surface area (Å²) in [5.41, 5.74) is 9.09. The zero-order valence-electron chi connectivity index (χ0n) is 12.4. The van der Waals surface area contributed by atoms with E-state index >= 15 is 0 Å². The summed E-state index contributed by atoms with van der Waals surface area (Å²) in [6, 6.07) is 19.2. The molecule has 0 bridgehead atoms. The lowest BCUT2D eigenvalue weighted by Crippen LogP contribution is -2.37. The molecule has 2 nitrogen and oxygen atoms in total. The van der Waals surface area contributed by atoms with Crippen LogP contribution in [0.3, 0.4) is 0 Å². The van der Waals surface area contributed by atoms with E-state index in [4.69, 9.17) is 10.5 Å². The molecule has 1 aliphatic heterocycles. The monoisotopic (exact) mass is 281 g/mol. The summed E-state index contributed by atoms with van der Waals surface area (Å²) in [5.74, 6) is 1.47. The molecule has 2 atom stereocenters. The molecule has 0 aromatic heterocycles. The van der Waals surface area contributed by atoms with Crippen molar-refractivity contribution < 1.29 is 4.74 Å². The van der Waals surface area contributed by atoms with Crippen molar-refractivity contribution in [3.8, 4) is 5.75 Å². The predicted octanol–water partition coefficient (Wildman–Crippen LogP) is 3.59. The second-order valence-corrected chi connectivity index (χ2v) is 5.92. The first-order chi connectivity index (χ1) is 10.3. The zero-order chi connectivity index (χ0) is 14.5. The lowest BCUT2D eigenvalue weighted by atomic mass is 9.88. The van der Waals surface area contributed by atoms with Crippen LogP contribution in [0.4, 0.5) is 0 Å². The van der Waals surface area contributed by atoms with E-state index in [9.17, 15) is 0 Å². The van der Waals surface area contributed by atoms with Crippen LogP contribution in [0.15, 0.2) is 54.6 Å². The lowest BCUT2D eigenvalue weighted by Gasteiger charge is -2.29. The molecule has 1 aliphatic rings. The number of rotatable bonds is 5. The molecule has 110 valence electrons. The topological polar surface area (TPSA) is 35.2 Å². The van der Waals surface area contributed by atoms with Gasteiger partial charge in [-0.1, -0.05) is 48.5 Å². The maximum absolute atomic E-state index is 6.39. The fourth-order valence-electron chi connectivity index (χ4n) is 3.05. The number of hydrogen-bond acceptors (Lipinski definition) is 2. The largest absolute Gasteiger partial charge is 0.493 e. The van der Waals surface area contributed by atoms with Crippen LogP contribution in [-0.4, -0.2) is 12.6 Å². The van der Waals surface area contributed by atoms with E-state index in [1.54, 1.807) is 0 Å². The zero-order valence-corrected chi connectivity index (χ0v) is 12.4. The van der Waals surface area contributed by atoms with Gasteiger partial charge in [0.15, 0.2) is 0 Å². The van der Waals surface area contributed by atoms with Gasteiger partial charge in [-0.25, -0.2) is 0 Å².